The smallest absolute Gasteiger partial charge is 0.306 e. The summed E-state index contributed by atoms with van der Waals surface area (Å²) < 4.78 is 16.9. The first-order valence-electron chi connectivity index (χ1n) is 32.5. The van der Waals surface area contributed by atoms with Crippen LogP contribution in [0.3, 0.4) is 0 Å². The van der Waals surface area contributed by atoms with E-state index in [-0.39, 0.29) is 31.1 Å². The molecule has 0 aromatic heterocycles. The van der Waals surface area contributed by atoms with E-state index in [9.17, 15) is 14.4 Å². The van der Waals surface area contributed by atoms with E-state index in [1.54, 1.807) is 0 Å². The molecule has 6 nitrogen and oxygen atoms in total. The molecule has 0 aromatic rings. The third-order valence-corrected chi connectivity index (χ3v) is 13.7. The minimum Gasteiger partial charge on any atom is -0.462 e. The molecule has 0 rings (SSSR count). The van der Waals surface area contributed by atoms with Gasteiger partial charge in [0, 0.05) is 19.3 Å². The summed E-state index contributed by atoms with van der Waals surface area (Å²) in [6.07, 6.45) is 90.7. The maximum atomic E-state index is 12.9. The molecule has 0 aliphatic rings. The van der Waals surface area contributed by atoms with Gasteiger partial charge in [0.1, 0.15) is 13.2 Å². The van der Waals surface area contributed by atoms with Crippen molar-refractivity contribution in [3.8, 4) is 0 Å². The minimum absolute atomic E-state index is 0.0927. The van der Waals surface area contributed by atoms with Crippen LogP contribution >= 0.6 is 0 Å². The van der Waals surface area contributed by atoms with E-state index in [4.69, 9.17) is 14.2 Å². The van der Waals surface area contributed by atoms with Gasteiger partial charge >= 0.3 is 17.9 Å². The lowest BCUT2D eigenvalue weighted by molar-refractivity contribution is -0.167. The fourth-order valence-corrected chi connectivity index (χ4v) is 8.84. The Labute approximate surface area is 482 Å². The van der Waals surface area contributed by atoms with Crippen LogP contribution in [0.4, 0.5) is 0 Å². The van der Waals surface area contributed by atoms with Crippen molar-refractivity contribution in [2.24, 2.45) is 0 Å². The molecule has 0 aromatic carbocycles. The van der Waals surface area contributed by atoms with Crippen molar-refractivity contribution >= 4 is 17.9 Å². The van der Waals surface area contributed by atoms with Gasteiger partial charge in [0.05, 0.1) is 0 Å². The summed E-state index contributed by atoms with van der Waals surface area (Å²) in [5, 5.41) is 0. The van der Waals surface area contributed by atoms with Crippen LogP contribution in [0.2, 0.25) is 0 Å². The van der Waals surface area contributed by atoms with Gasteiger partial charge in [-0.05, 0) is 116 Å². The number of hydrogen-bond acceptors (Lipinski definition) is 6. The summed E-state index contributed by atoms with van der Waals surface area (Å²) in [5.41, 5.74) is 0. The lowest BCUT2D eigenvalue weighted by Gasteiger charge is -2.18. The van der Waals surface area contributed by atoms with Crippen LogP contribution in [-0.4, -0.2) is 37.2 Å². The first-order chi connectivity index (χ1) is 38.5. The summed E-state index contributed by atoms with van der Waals surface area (Å²) in [7, 11) is 0. The highest BCUT2D eigenvalue weighted by Gasteiger charge is 2.19. The zero-order valence-corrected chi connectivity index (χ0v) is 50.9. The molecule has 0 saturated heterocycles. The standard InChI is InChI=1S/C72H120O6/c1-4-7-10-13-16-19-22-24-26-28-30-32-34-35-36-37-39-40-42-44-46-48-50-53-56-59-62-65-71(74)77-68-69(67-76-70(73)64-61-58-55-52-21-18-15-12-9-6-3)78-72(75)66-63-60-57-54-51-49-47-45-43-41-38-33-31-29-27-25-23-20-17-14-11-8-5-2/h7,10,16,19,23-26,29-32,35-36,39-40,44,46,50,53,69H,4-6,8-9,11-15,17-18,20-22,27-28,33-34,37-38,41-43,45,47-49,51-52,54-68H2,1-3H3/b10-7-,19-16-,25-23-,26-24-,31-29-,32-30-,36-35-,40-39-,46-44-,53-50-. The van der Waals surface area contributed by atoms with Gasteiger partial charge in [-0.2, -0.15) is 0 Å². The zero-order valence-electron chi connectivity index (χ0n) is 50.9. The van der Waals surface area contributed by atoms with Gasteiger partial charge in [0.25, 0.3) is 0 Å². The molecule has 0 heterocycles. The molecule has 0 fully saturated rings. The second-order valence-corrected chi connectivity index (χ2v) is 21.3. The monoisotopic (exact) mass is 1080 g/mol. The molecular weight excluding hydrogens is 961 g/mol. The minimum atomic E-state index is -0.799. The molecule has 0 saturated carbocycles. The molecule has 444 valence electrons. The van der Waals surface area contributed by atoms with E-state index in [1.165, 1.54) is 141 Å². The van der Waals surface area contributed by atoms with E-state index in [1.807, 2.05) is 0 Å². The number of carbonyl (C=O) groups excluding carboxylic acids is 3. The normalized spacial score (nSPS) is 12.9. The van der Waals surface area contributed by atoms with Gasteiger partial charge in [-0.1, -0.05) is 284 Å². The van der Waals surface area contributed by atoms with Crippen LogP contribution in [0.25, 0.3) is 0 Å². The molecule has 6 heteroatoms. The summed E-state index contributed by atoms with van der Waals surface area (Å²) in [5.74, 6) is -0.937. The van der Waals surface area contributed by atoms with E-state index in [0.717, 1.165) is 116 Å². The topological polar surface area (TPSA) is 78.9 Å². The Bertz CT molecular complexity index is 1620. The third-order valence-electron chi connectivity index (χ3n) is 13.7. The first kappa shape index (κ1) is 73.8. The van der Waals surface area contributed by atoms with Crippen molar-refractivity contribution in [1.82, 2.24) is 0 Å². The van der Waals surface area contributed by atoms with Crippen molar-refractivity contribution in [1.29, 1.82) is 0 Å². The SMILES string of the molecule is CC/C=C\C/C=C\C/C=C\C/C=C\C/C=C\C/C=C\C/C=C\C/C=C\CCCCC(=O)OCC(COC(=O)CCCCCCCCCCCC)OC(=O)CCCCCCCCCCCCC/C=C\C/C=C\CCCCCCC. The molecule has 0 amide bonds. The van der Waals surface area contributed by atoms with Crippen molar-refractivity contribution < 1.29 is 28.6 Å². The number of rotatable bonds is 58. The summed E-state index contributed by atoms with van der Waals surface area (Å²) in [6.45, 7) is 6.48. The van der Waals surface area contributed by atoms with Gasteiger partial charge < -0.3 is 14.2 Å². The van der Waals surface area contributed by atoms with Gasteiger partial charge in [-0.15, -0.1) is 0 Å². The van der Waals surface area contributed by atoms with E-state index < -0.39 is 6.10 Å². The highest BCUT2D eigenvalue weighted by Crippen LogP contribution is 2.16. The molecule has 0 aliphatic carbocycles. The Morgan fingerprint density at radius 3 is 0.808 bits per heavy atom. The number of unbranched alkanes of at least 4 members (excludes halogenated alkanes) is 27. The van der Waals surface area contributed by atoms with Crippen LogP contribution < -0.4 is 0 Å². The summed E-state index contributed by atoms with van der Waals surface area (Å²) in [4.78, 5) is 38.2. The third kappa shape index (κ3) is 62.7. The maximum Gasteiger partial charge on any atom is 0.306 e. The predicted molar refractivity (Wildman–Crippen MR) is 339 cm³/mol. The largest absolute Gasteiger partial charge is 0.462 e. The molecule has 78 heavy (non-hydrogen) atoms. The van der Waals surface area contributed by atoms with E-state index in [0.29, 0.717) is 19.3 Å². The molecule has 0 N–H and O–H groups in total. The molecule has 0 spiro atoms. The van der Waals surface area contributed by atoms with Crippen LogP contribution in [0, 0.1) is 0 Å². The van der Waals surface area contributed by atoms with Crippen LogP contribution in [0.15, 0.2) is 122 Å². The lowest BCUT2D eigenvalue weighted by atomic mass is 10.0. The fourth-order valence-electron chi connectivity index (χ4n) is 8.84. The van der Waals surface area contributed by atoms with Crippen molar-refractivity contribution in [3.63, 3.8) is 0 Å². The molecule has 1 unspecified atom stereocenters. The van der Waals surface area contributed by atoms with E-state index >= 15 is 0 Å². The number of hydrogen-bond donors (Lipinski definition) is 0. The highest BCUT2D eigenvalue weighted by atomic mass is 16.6. The Balaban J connectivity index is 4.36. The van der Waals surface area contributed by atoms with Gasteiger partial charge in [0.2, 0.25) is 0 Å². The molecule has 0 bridgehead atoms. The predicted octanol–water partition coefficient (Wildman–Crippen LogP) is 22.4. The first-order valence-corrected chi connectivity index (χ1v) is 32.5. The molecule has 1 atom stereocenters. The number of carbonyl (C=O) groups is 3. The Morgan fingerprint density at radius 1 is 0.269 bits per heavy atom. The number of ether oxygens (including phenoxy) is 3. The van der Waals surface area contributed by atoms with Crippen molar-refractivity contribution in [3.05, 3.63) is 122 Å². The number of allylic oxidation sites excluding steroid dienone is 20. The van der Waals surface area contributed by atoms with E-state index in [2.05, 4.69) is 142 Å². The number of esters is 3. The fraction of sp³-hybridized carbons (Fsp3) is 0.681. The Kier molecular flexibility index (Phi) is 61.8. The molecule has 0 aliphatic heterocycles. The lowest BCUT2D eigenvalue weighted by Crippen LogP contribution is -2.30. The Hall–Kier alpha value is -4.19. The van der Waals surface area contributed by atoms with Crippen LogP contribution in [-0.2, 0) is 28.6 Å². The van der Waals surface area contributed by atoms with Gasteiger partial charge in [-0.25, -0.2) is 0 Å². The summed E-state index contributed by atoms with van der Waals surface area (Å²) >= 11 is 0. The second-order valence-electron chi connectivity index (χ2n) is 21.3. The average Bonchev–Trinajstić information content (AvgIpc) is 3.44. The van der Waals surface area contributed by atoms with Gasteiger partial charge in [-0.3, -0.25) is 14.4 Å². The summed E-state index contributed by atoms with van der Waals surface area (Å²) in [6, 6.07) is 0. The molecule has 0 radical (unpaired) electrons. The Morgan fingerprint density at radius 2 is 0.500 bits per heavy atom. The van der Waals surface area contributed by atoms with Gasteiger partial charge in [0.15, 0.2) is 6.10 Å². The highest BCUT2D eigenvalue weighted by molar-refractivity contribution is 5.71. The second kappa shape index (κ2) is 65.3. The zero-order chi connectivity index (χ0) is 56.4. The van der Waals surface area contributed by atoms with Crippen molar-refractivity contribution in [2.75, 3.05) is 13.2 Å². The van der Waals surface area contributed by atoms with Crippen LogP contribution in [0.1, 0.15) is 297 Å². The molecular formula is C72H120O6. The average molecular weight is 1080 g/mol. The van der Waals surface area contributed by atoms with Crippen molar-refractivity contribution in [2.45, 2.75) is 303 Å². The maximum absolute atomic E-state index is 12.9. The quantitative estimate of drug-likeness (QED) is 0.0261. The van der Waals surface area contributed by atoms with Crippen LogP contribution in [0.5, 0.6) is 0 Å².